The Bertz CT molecular complexity index is 4370. The summed E-state index contributed by atoms with van der Waals surface area (Å²) >= 11 is 0. The third kappa shape index (κ3) is 13.7. The molecule has 92 heavy (non-hydrogen) atoms. The van der Waals surface area contributed by atoms with Gasteiger partial charge in [-0.05, 0) is 152 Å². The number of benzene rings is 7. The zero-order valence-electron chi connectivity index (χ0n) is 53.5. The second-order valence-electron chi connectivity index (χ2n) is 22.6. The highest BCUT2D eigenvalue weighted by atomic mass is 31.0. The van der Waals surface area contributed by atoms with Gasteiger partial charge in [-0.1, -0.05) is 51.1 Å². The van der Waals surface area contributed by atoms with E-state index >= 15 is 0 Å². The summed E-state index contributed by atoms with van der Waals surface area (Å²) in [6, 6.07) is 42.7. The van der Waals surface area contributed by atoms with Crippen LogP contribution in [-0.2, 0) is 30.5 Å². The molecular formula is C68H68F5N12O6P. The van der Waals surface area contributed by atoms with Crippen LogP contribution in [0.3, 0.4) is 0 Å². The molecule has 0 spiro atoms. The van der Waals surface area contributed by atoms with E-state index in [1.165, 1.54) is 36.4 Å². The number of anilines is 3. The molecule has 3 saturated heterocycles. The second-order valence-corrected chi connectivity index (χ2v) is 22.6. The number of nitrogens with zero attached hydrogens (tertiary/aromatic N) is 9. The maximum atomic E-state index is 13.3. The number of hydrogen-bond donors (Lipinski definition) is 3. The van der Waals surface area contributed by atoms with Crippen molar-refractivity contribution >= 4 is 89.2 Å². The molecule has 0 radical (unpaired) electrons. The standard InChI is InChI=1S/C27H25FN4O3.C22H21F3N4O2.C19H19FN4O.H3P/c1-2-24-23(30-27(34)35-17-18-6-4-3-5-7-18)15-26(33)31(24)22-12-13-25-19(14-22)16-29-32(25)21-10-8-20(28)9-11-21;1-3-18-17(27-21(31)22(2,24)25)11-20(30)28(18)16-8-9-19-13(10-16)12-26-29(19)15-6-4-14(23)5-7-15;1-2-17-16(21)10-19(25)23(17)15-7-8-18-12(9-15)11-22-24(18)14-5-3-13(20)4-6-14;/h3-14,16,23-24H,2,15,17H2,1H3,(H,30,34);4-10,12,17-18H,3,11H2,1-2H3,(H,27,31);3-9,11,16-17H,2,10,21H2,1H3;1H3/t23-,24?;17-,18?;16-,17?;/m000./s1/i;;;1T3. The molecule has 5 amide bonds. The summed E-state index contributed by atoms with van der Waals surface area (Å²) in [5.41, 5.74) is 13.9. The summed E-state index contributed by atoms with van der Waals surface area (Å²) in [5, 5.41) is 20.9. The third-order valence-electron chi connectivity index (χ3n) is 16.6. The molecule has 18 nitrogen and oxygen atoms in total. The summed E-state index contributed by atoms with van der Waals surface area (Å²) in [5.74, 6) is -6.08. The molecule has 3 aliphatic heterocycles. The third-order valence-corrected chi connectivity index (χ3v) is 16.6. The highest BCUT2D eigenvalue weighted by Crippen LogP contribution is 2.36. The van der Waals surface area contributed by atoms with Gasteiger partial charge in [-0.2, -0.15) is 33.8 Å². The van der Waals surface area contributed by atoms with Crippen molar-refractivity contribution in [2.75, 3.05) is 14.7 Å². The minimum absolute atomic E-state index is 0.0251. The predicted octanol–water partition coefficient (Wildman–Crippen LogP) is 11.9. The number of halogens is 5. The van der Waals surface area contributed by atoms with Crippen LogP contribution in [0.2, 0.25) is 0 Å². The summed E-state index contributed by atoms with van der Waals surface area (Å²) < 4.78 is 94.7. The lowest BCUT2D eigenvalue weighted by molar-refractivity contribution is -0.143. The molecule has 3 unspecified atom stereocenters. The Hall–Kier alpha value is -9.86. The average molecular weight is 1280 g/mol. The largest absolute Gasteiger partial charge is 0.445 e. The van der Waals surface area contributed by atoms with E-state index < -0.39 is 39.7 Å². The Morgan fingerprint density at radius 1 is 0.543 bits per heavy atom. The van der Waals surface area contributed by atoms with E-state index in [4.69, 9.17) is 14.3 Å². The molecule has 6 atom stereocenters. The van der Waals surface area contributed by atoms with Gasteiger partial charge in [-0.25, -0.2) is 32.0 Å². The minimum atomic E-state index is -3.51. The number of fused-ring (bicyclic) bond motifs is 3. The summed E-state index contributed by atoms with van der Waals surface area (Å²) in [4.78, 5) is 67.3. The minimum Gasteiger partial charge on any atom is -0.445 e. The molecule has 6 heterocycles. The van der Waals surface area contributed by atoms with Crippen LogP contribution in [-0.4, -0.2) is 105 Å². The van der Waals surface area contributed by atoms with Gasteiger partial charge in [0.25, 0.3) is 5.91 Å². The summed E-state index contributed by atoms with van der Waals surface area (Å²) in [7, 11) is -1.87. The van der Waals surface area contributed by atoms with Gasteiger partial charge in [0.05, 0.1) is 86.2 Å². The number of amides is 5. The fraction of sp³-hybridized carbons (Fsp3) is 0.265. The van der Waals surface area contributed by atoms with Gasteiger partial charge in [0.2, 0.25) is 17.7 Å². The summed E-state index contributed by atoms with van der Waals surface area (Å²) in [6.45, 7) is 6.57. The van der Waals surface area contributed by atoms with Crippen LogP contribution in [0.4, 0.5) is 43.8 Å². The quantitative estimate of drug-likeness (QED) is 0.0693. The first-order valence-electron chi connectivity index (χ1n) is 31.2. The number of alkyl carbamates (subject to hydrolysis) is 1. The zero-order valence-corrected chi connectivity index (χ0v) is 51.4. The molecule has 24 heteroatoms. The normalized spacial score (nSPS) is 19.2. The first-order valence-corrected chi connectivity index (χ1v) is 29.9. The monoisotopic (exact) mass is 1280 g/mol. The summed E-state index contributed by atoms with van der Waals surface area (Å²) in [6.07, 6.45) is 7.08. The van der Waals surface area contributed by atoms with Gasteiger partial charge in [0, 0.05) is 65.4 Å². The number of carbonyl (C=O) groups is 5. The van der Waals surface area contributed by atoms with Crippen molar-refractivity contribution in [3.63, 3.8) is 0 Å². The Morgan fingerprint density at radius 3 is 1.26 bits per heavy atom. The number of ether oxygens (including phenoxy) is 1. The van der Waals surface area contributed by atoms with E-state index in [0.717, 1.165) is 67.4 Å². The Kier molecular flexibility index (Phi) is 18.4. The Balaban J connectivity index is 0.000000153. The van der Waals surface area contributed by atoms with Crippen molar-refractivity contribution < 1.29 is 50.7 Å². The highest BCUT2D eigenvalue weighted by Gasteiger charge is 2.44. The lowest BCUT2D eigenvalue weighted by atomic mass is 10.1. The molecule has 3 fully saturated rings. The van der Waals surface area contributed by atoms with E-state index in [1.54, 1.807) is 102 Å². The first kappa shape index (κ1) is 61.0. The van der Waals surface area contributed by atoms with Crippen molar-refractivity contribution in [3.8, 4) is 17.1 Å². The number of alkyl halides is 2. The number of carbonyl (C=O) groups excluding carboxylic acids is 5. The van der Waals surface area contributed by atoms with E-state index in [-0.39, 0.29) is 78.8 Å². The molecule has 0 aliphatic carbocycles. The smallest absolute Gasteiger partial charge is 0.407 e. The van der Waals surface area contributed by atoms with E-state index in [1.807, 2.05) is 87.5 Å². The van der Waals surface area contributed by atoms with Crippen molar-refractivity contribution in [1.29, 1.82) is 3.84 Å². The number of nitrogens with one attached hydrogen (secondary N) is 2. The van der Waals surface area contributed by atoms with E-state index in [2.05, 4.69) is 25.9 Å². The van der Waals surface area contributed by atoms with E-state index in [0.29, 0.717) is 37.6 Å². The molecule has 3 aliphatic rings. The molecule has 3 aromatic heterocycles. The Morgan fingerprint density at radius 2 is 0.891 bits per heavy atom. The number of nitrogens with two attached hydrogens (primary N) is 1. The number of rotatable bonds is 14. The fourth-order valence-electron chi connectivity index (χ4n) is 12.2. The SMILES string of the molecule is CCC1[C@@H](N)CC(=O)N1c1ccc2c(cnn2-c2ccc(F)cc2)c1.CCC1[C@@H](NC(=O)C(C)(F)F)CC(=O)N1c1ccc2c(cnn2-c2ccc(F)cc2)c1.CCC1[C@@H](NC(=O)OCc2ccccc2)CC(=O)N1c1ccc2c(cnn2-c2ccc(F)cc2)c1.[3H]P([3H])[3H]. The van der Waals surface area contributed by atoms with Crippen LogP contribution in [0.25, 0.3) is 49.8 Å². The van der Waals surface area contributed by atoms with Crippen molar-refractivity contribution in [3.05, 3.63) is 199 Å². The molecule has 10 aromatic rings. The molecule has 4 N–H and O–H groups in total. The maximum absolute atomic E-state index is 13.3. The zero-order chi connectivity index (χ0) is 67.8. The average Bonchev–Trinajstić information content (AvgIpc) is 1.66. The predicted molar refractivity (Wildman–Crippen MR) is 347 cm³/mol. The molecule has 13 rings (SSSR count). The van der Waals surface area contributed by atoms with Crippen LogP contribution in [0.1, 0.15) is 71.8 Å². The molecule has 7 aromatic carbocycles. The van der Waals surface area contributed by atoms with Crippen molar-refractivity contribution in [2.24, 2.45) is 5.73 Å². The van der Waals surface area contributed by atoms with Crippen molar-refractivity contribution in [1.82, 2.24) is 40.0 Å². The van der Waals surface area contributed by atoms with Crippen molar-refractivity contribution in [2.45, 2.75) is 115 Å². The topological polar surface area (TPSA) is 208 Å². The molecule has 476 valence electrons. The van der Waals surface area contributed by atoms with Gasteiger partial charge in [-0.15, -0.1) is 0 Å². The van der Waals surface area contributed by atoms with Crippen LogP contribution in [0, 0.1) is 17.5 Å². The van der Waals surface area contributed by atoms with Crippen LogP contribution < -0.4 is 31.1 Å². The van der Waals surface area contributed by atoms with Gasteiger partial charge < -0.3 is 35.8 Å². The van der Waals surface area contributed by atoms with Gasteiger partial charge in [-0.3, -0.25) is 19.2 Å². The maximum Gasteiger partial charge on any atom is 0.407 e. The van der Waals surface area contributed by atoms with Crippen LogP contribution in [0.5, 0.6) is 0 Å². The molecule has 0 bridgehead atoms. The number of hydrogen-bond acceptors (Lipinski definition) is 10. The first-order chi connectivity index (χ1) is 45.5. The van der Waals surface area contributed by atoms with Gasteiger partial charge >= 0.3 is 12.0 Å². The van der Waals surface area contributed by atoms with Crippen LogP contribution in [0.15, 0.2) is 176 Å². The lowest BCUT2D eigenvalue weighted by Crippen LogP contribution is -2.49. The highest BCUT2D eigenvalue weighted by molar-refractivity contribution is 6.92. The van der Waals surface area contributed by atoms with Gasteiger partial charge in [0.1, 0.15) is 24.1 Å². The fourth-order valence-corrected chi connectivity index (χ4v) is 12.2. The number of aromatic nitrogens is 6. The van der Waals surface area contributed by atoms with Crippen LogP contribution >= 0.6 is 9.73 Å². The molecular weight excluding hydrogens is 1210 g/mol. The molecule has 0 saturated carbocycles. The Labute approximate surface area is 533 Å². The second kappa shape index (κ2) is 27.7. The lowest BCUT2D eigenvalue weighted by Gasteiger charge is -2.28. The van der Waals surface area contributed by atoms with Gasteiger partial charge in [0.15, 0.2) is 0 Å². The van der Waals surface area contributed by atoms with E-state index in [9.17, 15) is 45.9 Å².